The molecule has 0 saturated heterocycles. The molecule has 0 heterocycles. The van der Waals surface area contributed by atoms with Crippen LogP contribution >= 0.6 is 0 Å². The summed E-state index contributed by atoms with van der Waals surface area (Å²) in [5, 5.41) is 17.0. The zero-order valence-electron chi connectivity index (χ0n) is 23.7. The zero-order chi connectivity index (χ0) is 29.9. The van der Waals surface area contributed by atoms with Gasteiger partial charge < -0.3 is 20.6 Å². The van der Waals surface area contributed by atoms with Crippen molar-refractivity contribution in [2.24, 2.45) is 0 Å². The van der Waals surface area contributed by atoms with Crippen molar-refractivity contribution in [2.75, 3.05) is 20.1 Å². The summed E-state index contributed by atoms with van der Waals surface area (Å²) in [4.78, 5) is 28.0. The quantitative estimate of drug-likeness (QED) is 0.266. The predicted molar refractivity (Wildman–Crippen MR) is 156 cm³/mol. The predicted octanol–water partition coefficient (Wildman–Crippen LogP) is 4.62. The fourth-order valence-electron chi connectivity index (χ4n) is 4.55. The number of halogens is 2. The Morgan fingerprint density at radius 2 is 1.73 bits per heavy atom. The number of rotatable bonds is 13. The highest BCUT2D eigenvalue weighted by atomic mass is 19.1. The molecule has 216 valence electrons. The van der Waals surface area contributed by atoms with E-state index in [1.54, 1.807) is 31.0 Å². The van der Waals surface area contributed by atoms with Crippen LogP contribution in [0.3, 0.4) is 0 Å². The van der Waals surface area contributed by atoms with Crippen LogP contribution < -0.4 is 10.6 Å². The number of unbranched alkanes of at least 4 members (excludes halogenated alkanes) is 1. The fraction of sp³-hybridized carbons (Fsp3) is 0.333. The normalized spacial score (nSPS) is 12.3. The van der Waals surface area contributed by atoms with E-state index in [1.165, 1.54) is 18.2 Å². The minimum atomic E-state index is -1.10. The summed E-state index contributed by atoms with van der Waals surface area (Å²) in [6.07, 6.45) is 6.16. The minimum Gasteiger partial charge on any atom is -0.390 e. The second-order valence-corrected chi connectivity index (χ2v) is 10.3. The molecule has 0 spiro atoms. The van der Waals surface area contributed by atoms with Crippen LogP contribution in [0, 0.1) is 30.9 Å². The van der Waals surface area contributed by atoms with Crippen molar-refractivity contribution in [2.45, 2.75) is 51.8 Å². The highest BCUT2D eigenvalue weighted by Gasteiger charge is 2.24. The molecule has 3 aromatic carbocycles. The first-order valence-electron chi connectivity index (χ1n) is 13.7. The van der Waals surface area contributed by atoms with E-state index in [0.717, 1.165) is 35.6 Å². The maximum Gasteiger partial charge on any atom is 0.253 e. The number of terminal acetylenes is 1. The van der Waals surface area contributed by atoms with Crippen molar-refractivity contribution < 1.29 is 23.5 Å². The Morgan fingerprint density at radius 1 is 1.02 bits per heavy atom. The Morgan fingerprint density at radius 3 is 2.41 bits per heavy atom. The lowest BCUT2D eigenvalue weighted by Crippen LogP contribution is -2.48. The van der Waals surface area contributed by atoms with Crippen LogP contribution in [0.1, 0.15) is 62.7 Å². The standard InChI is InChI=1S/C33H37F2N3O3/c1-5-7-11-38(4)33(41)27-13-22(3)12-26(18-27)32(40)37-30(17-25-15-28(34)19-29(35)16-25)31(39)21-36-20-24-10-8-9-23(6-2)14-24/h2,8-10,12-16,18-19,30-31,36,39H,5,7,11,17,20-21H2,1,3-4H3,(H,37,40)/t30-,31+/m0/s1. The Bertz CT molecular complexity index is 1380. The van der Waals surface area contributed by atoms with Crippen LogP contribution in [0.4, 0.5) is 8.78 Å². The number of amides is 2. The molecule has 0 aromatic heterocycles. The average Bonchev–Trinajstić information content (AvgIpc) is 2.94. The topological polar surface area (TPSA) is 81.7 Å². The second-order valence-electron chi connectivity index (χ2n) is 10.3. The van der Waals surface area contributed by atoms with Gasteiger partial charge in [0.15, 0.2) is 0 Å². The van der Waals surface area contributed by atoms with E-state index in [9.17, 15) is 23.5 Å². The third kappa shape index (κ3) is 9.52. The molecule has 6 nitrogen and oxygen atoms in total. The number of aliphatic hydroxyl groups excluding tert-OH is 1. The van der Waals surface area contributed by atoms with E-state index >= 15 is 0 Å². The molecule has 3 rings (SSSR count). The van der Waals surface area contributed by atoms with Gasteiger partial charge in [0.1, 0.15) is 11.6 Å². The Balaban J connectivity index is 1.78. The SMILES string of the molecule is C#Cc1cccc(CNC[C@@H](O)[C@H](Cc2cc(F)cc(F)c2)NC(=O)c2cc(C)cc(C(=O)N(C)CCCC)c2)c1. The maximum atomic E-state index is 13.9. The van der Waals surface area contributed by atoms with Crippen molar-refractivity contribution >= 4 is 11.8 Å². The molecule has 0 aliphatic carbocycles. The maximum absolute atomic E-state index is 13.9. The molecule has 0 saturated carbocycles. The lowest BCUT2D eigenvalue weighted by atomic mass is 9.99. The number of carbonyl (C=O) groups is 2. The van der Waals surface area contributed by atoms with Crippen molar-refractivity contribution in [3.63, 3.8) is 0 Å². The first-order valence-corrected chi connectivity index (χ1v) is 13.7. The Hall–Kier alpha value is -4.06. The fourth-order valence-corrected chi connectivity index (χ4v) is 4.55. The van der Waals surface area contributed by atoms with Crippen LogP contribution in [-0.2, 0) is 13.0 Å². The number of hydrogen-bond acceptors (Lipinski definition) is 4. The molecule has 0 bridgehead atoms. The number of hydrogen-bond donors (Lipinski definition) is 3. The first-order chi connectivity index (χ1) is 19.6. The molecule has 3 N–H and O–H groups in total. The van der Waals surface area contributed by atoms with Crippen LogP contribution in [0.25, 0.3) is 0 Å². The highest BCUT2D eigenvalue weighted by Crippen LogP contribution is 2.16. The summed E-state index contributed by atoms with van der Waals surface area (Å²) in [7, 11) is 1.72. The molecule has 0 radical (unpaired) electrons. The molecular weight excluding hydrogens is 524 g/mol. The van der Waals surface area contributed by atoms with Crippen molar-refractivity contribution in [1.82, 2.24) is 15.5 Å². The third-order valence-electron chi connectivity index (χ3n) is 6.72. The van der Waals surface area contributed by atoms with E-state index in [-0.39, 0.29) is 30.0 Å². The lowest BCUT2D eigenvalue weighted by molar-refractivity contribution is 0.0793. The molecule has 2 atom stereocenters. The largest absolute Gasteiger partial charge is 0.390 e. The van der Waals surface area contributed by atoms with Gasteiger partial charge in [0.05, 0.1) is 12.1 Å². The van der Waals surface area contributed by atoms with Crippen molar-refractivity contribution in [3.8, 4) is 12.3 Å². The summed E-state index contributed by atoms with van der Waals surface area (Å²) in [6.45, 7) is 4.94. The van der Waals surface area contributed by atoms with Gasteiger partial charge in [0, 0.05) is 49.4 Å². The van der Waals surface area contributed by atoms with Gasteiger partial charge >= 0.3 is 0 Å². The number of aryl methyl sites for hydroxylation is 1. The summed E-state index contributed by atoms with van der Waals surface area (Å²) >= 11 is 0. The van der Waals surface area contributed by atoms with E-state index in [1.807, 2.05) is 31.2 Å². The number of nitrogens with one attached hydrogen (secondary N) is 2. The van der Waals surface area contributed by atoms with E-state index in [0.29, 0.717) is 18.7 Å². The van der Waals surface area contributed by atoms with Crippen LogP contribution in [0.5, 0.6) is 0 Å². The molecule has 8 heteroatoms. The van der Waals surface area contributed by atoms with Crippen LogP contribution in [-0.4, -0.2) is 54.1 Å². The zero-order valence-corrected chi connectivity index (χ0v) is 23.7. The molecule has 0 aliphatic heterocycles. The summed E-state index contributed by atoms with van der Waals surface area (Å²) in [6, 6.07) is 14.5. The number of carbonyl (C=O) groups excluding carboxylic acids is 2. The summed E-state index contributed by atoms with van der Waals surface area (Å²) in [5.41, 5.74) is 3.29. The molecular formula is C33H37F2N3O3. The molecule has 2 amide bonds. The molecule has 3 aromatic rings. The minimum absolute atomic E-state index is 0.0206. The van der Waals surface area contributed by atoms with Crippen LogP contribution in [0.15, 0.2) is 60.7 Å². The lowest BCUT2D eigenvalue weighted by Gasteiger charge is -2.25. The van der Waals surface area contributed by atoms with Gasteiger partial charge in [0.2, 0.25) is 0 Å². The highest BCUT2D eigenvalue weighted by molar-refractivity contribution is 6.00. The summed E-state index contributed by atoms with van der Waals surface area (Å²) < 4.78 is 27.8. The molecule has 0 fully saturated rings. The number of benzene rings is 3. The molecule has 41 heavy (non-hydrogen) atoms. The van der Waals surface area contributed by atoms with Gasteiger partial charge in [-0.2, -0.15) is 0 Å². The van der Waals surface area contributed by atoms with E-state index in [2.05, 4.69) is 16.6 Å². The Kier molecular flexibility index (Phi) is 11.6. The smallest absolute Gasteiger partial charge is 0.253 e. The van der Waals surface area contributed by atoms with Crippen molar-refractivity contribution in [3.05, 3.63) is 106 Å². The first kappa shape index (κ1) is 31.5. The van der Waals surface area contributed by atoms with Gasteiger partial charge in [-0.1, -0.05) is 31.4 Å². The third-order valence-corrected chi connectivity index (χ3v) is 6.72. The van der Waals surface area contributed by atoms with Gasteiger partial charge in [-0.25, -0.2) is 8.78 Å². The molecule has 0 aliphatic rings. The second kappa shape index (κ2) is 15.1. The van der Waals surface area contributed by atoms with E-state index < -0.39 is 29.7 Å². The monoisotopic (exact) mass is 561 g/mol. The van der Waals surface area contributed by atoms with E-state index in [4.69, 9.17) is 6.42 Å². The number of aliphatic hydroxyl groups is 1. The number of nitrogens with zero attached hydrogens (tertiary/aromatic N) is 1. The Labute approximate surface area is 240 Å². The van der Waals surface area contributed by atoms with Gasteiger partial charge in [-0.15, -0.1) is 6.42 Å². The van der Waals surface area contributed by atoms with Gasteiger partial charge in [-0.05, 0) is 78.9 Å². The summed E-state index contributed by atoms with van der Waals surface area (Å²) in [5.74, 6) is 0.373. The van der Waals surface area contributed by atoms with Crippen LogP contribution in [0.2, 0.25) is 0 Å². The van der Waals surface area contributed by atoms with Gasteiger partial charge in [0.25, 0.3) is 11.8 Å². The average molecular weight is 562 g/mol. The van der Waals surface area contributed by atoms with Gasteiger partial charge in [-0.3, -0.25) is 9.59 Å². The molecule has 0 unspecified atom stereocenters. The van der Waals surface area contributed by atoms with Crippen molar-refractivity contribution in [1.29, 1.82) is 0 Å².